The topological polar surface area (TPSA) is 76.3 Å². The smallest absolute Gasteiger partial charge is 0.182 e. The fourth-order valence-electron chi connectivity index (χ4n) is 1.85. The van der Waals surface area contributed by atoms with Gasteiger partial charge in [-0.15, -0.1) is 0 Å². The molecule has 1 fully saturated rings. The van der Waals surface area contributed by atoms with Gasteiger partial charge in [0.25, 0.3) is 0 Å². The van der Waals surface area contributed by atoms with Gasteiger partial charge in [-0.25, -0.2) is 8.42 Å². The number of hydrogen-bond acceptors (Lipinski definition) is 7. The van der Waals surface area contributed by atoms with E-state index >= 15 is 0 Å². The summed E-state index contributed by atoms with van der Waals surface area (Å²) in [5.74, 6) is 2.13. The molecule has 0 amide bonds. The van der Waals surface area contributed by atoms with Gasteiger partial charge in [-0.05, 0) is 18.5 Å². The van der Waals surface area contributed by atoms with Crippen molar-refractivity contribution < 1.29 is 8.42 Å². The lowest BCUT2D eigenvalue weighted by atomic mass is 10.3. The quantitative estimate of drug-likeness (QED) is 0.879. The summed E-state index contributed by atoms with van der Waals surface area (Å²) in [6.45, 7) is 2.93. The normalized spacial score (nSPS) is 21.8. The zero-order valence-corrected chi connectivity index (χ0v) is 12.2. The summed E-state index contributed by atoms with van der Waals surface area (Å²) in [6, 6.07) is 0.314. The molecule has 1 atom stereocenters. The van der Waals surface area contributed by atoms with Crippen LogP contribution in [0.4, 0.5) is 10.8 Å². The first-order valence-corrected chi connectivity index (χ1v) is 9.03. The molecule has 2 N–H and O–H groups in total. The van der Waals surface area contributed by atoms with Crippen molar-refractivity contribution in [3.8, 4) is 0 Å². The predicted molar refractivity (Wildman–Crippen MR) is 73.8 cm³/mol. The Kier molecular flexibility index (Phi) is 3.55. The molecule has 0 aliphatic carbocycles. The maximum Gasteiger partial charge on any atom is 0.182 e. The Balaban J connectivity index is 2.45. The van der Waals surface area contributed by atoms with Gasteiger partial charge in [-0.2, -0.15) is 16.1 Å². The minimum absolute atomic E-state index is 0.123. The molecule has 1 aromatic rings. The Morgan fingerprint density at radius 3 is 2.82 bits per heavy atom. The van der Waals surface area contributed by atoms with E-state index in [9.17, 15) is 8.42 Å². The van der Waals surface area contributed by atoms with Gasteiger partial charge in [-0.1, -0.05) is 0 Å². The minimum atomic E-state index is -3.32. The highest BCUT2D eigenvalue weighted by molar-refractivity contribution is 7.99. The van der Waals surface area contributed by atoms with E-state index in [0.29, 0.717) is 11.0 Å². The Morgan fingerprint density at radius 2 is 2.24 bits per heavy atom. The highest BCUT2D eigenvalue weighted by atomic mass is 32.2. The molecule has 17 heavy (non-hydrogen) atoms. The first-order chi connectivity index (χ1) is 7.91. The molecule has 0 radical (unpaired) electrons. The monoisotopic (exact) mass is 293 g/mol. The average molecular weight is 293 g/mol. The van der Waals surface area contributed by atoms with Crippen LogP contribution in [0.25, 0.3) is 0 Å². The van der Waals surface area contributed by atoms with Crippen LogP contribution in [-0.4, -0.2) is 43.1 Å². The lowest BCUT2D eigenvalue weighted by molar-refractivity contribution is 0.601. The third-order valence-electron chi connectivity index (χ3n) is 2.66. The van der Waals surface area contributed by atoms with Crippen molar-refractivity contribution in [1.29, 1.82) is 0 Å². The Hall–Kier alpha value is -0.470. The van der Waals surface area contributed by atoms with Crippen LogP contribution in [0, 0.1) is 0 Å². The zero-order chi connectivity index (χ0) is 12.6. The van der Waals surface area contributed by atoms with E-state index in [4.69, 9.17) is 5.73 Å². The number of thioether (sulfide) groups is 1. The fourth-order valence-corrected chi connectivity index (χ4v) is 5.18. The van der Waals surface area contributed by atoms with Gasteiger partial charge in [0.1, 0.15) is 9.90 Å². The van der Waals surface area contributed by atoms with Crippen LogP contribution in [0.5, 0.6) is 0 Å². The largest absolute Gasteiger partial charge is 0.382 e. The van der Waals surface area contributed by atoms with Crippen molar-refractivity contribution in [2.75, 3.05) is 34.9 Å². The van der Waals surface area contributed by atoms with E-state index in [1.807, 2.05) is 11.8 Å². The van der Waals surface area contributed by atoms with Crippen LogP contribution in [-0.2, 0) is 9.84 Å². The van der Waals surface area contributed by atoms with Gasteiger partial charge in [-0.3, -0.25) is 0 Å². The molecule has 5 nitrogen and oxygen atoms in total. The number of hydrogen-bond donors (Lipinski definition) is 1. The summed E-state index contributed by atoms with van der Waals surface area (Å²) in [4.78, 5) is 2.29. The molecule has 1 aromatic heterocycles. The molecular formula is C9H15N3O2S3. The number of anilines is 2. The van der Waals surface area contributed by atoms with Crippen LogP contribution in [0.15, 0.2) is 4.90 Å². The molecule has 1 aliphatic rings. The standard InChI is InChI=1S/C9H15N3O2S3/c1-6-5-15-4-3-12(6)9-7(17(2,13)14)8(10)11-16-9/h6H,3-5H2,1-2H3,(H2,10,11). The highest BCUT2D eigenvalue weighted by Crippen LogP contribution is 2.37. The second kappa shape index (κ2) is 4.66. The number of nitrogen functional groups attached to an aromatic ring is 1. The first-order valence-electron chi connectivity index (χ1n) is 5.21. The molecule has 8 heteroatoms. The molecule has 0 bridgehead atoms. The van der Waals surface area contributed by atoms with Crippen LogP contribution in [0.3, 0.4) is 0 Å². The van der Waals surface area contributed by atoms with Gasteiger partial charge in [0.15, 0.2) is 15.7 Å². The molecule has 96 valence electrons. The molecule has 2 rings (SSSR count). The molecule has 1 saturated heterocycles. The number of nitrogens with two attached hydrogens (primary N) is 1. The van der Waals surface area contributed by atoms with E-state index in [-0.39, 0.29) is 10.7 Å². The van der Waals surface area contributed by atoms with Crippen LogP contribution < -0.4 is 10.6 Å². The van der Waals surface area contributed by atoms with Crippen molar-refractivity contribution in [1.82, 2.24) is 4.37 Å². The van der Waals surface area contributed by atoms with Gasteiger partial charge >= 0.3 is 0 Å². The highest BCUT2D eigenvalue weighted by Gasteiger charge is 2.29. The lowest BCUT2D eigenvalue weighted by Crippen LogP contribution is -2.40. The first kappa shape index (κ1) is 13.0. The van der Waals surface area contributed by atoms with Crippen molar-refractivity contribution in [2.45, 2.75) is 17.9 Å². The minimum Gasteiger partial charge on any atom is -0.382 e. The molecule has 0 saturated carbocycles. The predicted octanol–water partition coefficient (Wildman–Crippen LogP) is 1.07. The summed E-state index contributed by atoms with van der Waals surface area (Å²) in [5, 5.41) is 0.692. The molecule has 2 heterocycles. The van der Waals surface area contributed by atoms with Gasteiger partial charge in [0.05, 0.1) is 0 Å². The molecule has 0 spiro atoms. The van der Waals surface area contributed by atoms with Crippen molar-refractivity contribution in [3.63, 3.8) is 0 Å². The summed E-state index contributed by atoms with van der Waals surface area (Å²) in [6.07, 6.45) is 1.18. The Labute approximate surface area is 109 Å². The second-order valence-electron chi connectivity index (χ2n) is 4.09. The number of aromatic nitrogens is 1. The Morgan fingerprint density at radius 1 is 1.53 bits per heavy atom. The number of nitrogens with zero attached hydrogens (tertiary/aromatic N) is 2. The lowest BCUT2D eigenvalue weighted by Gasteiger charge is -2.33. The average Bonchev–Trinajstić information content (AvgIpc) is 2.60. The van der Waals surface area contributed by atoms with E-state index in [0.717, 1.165) is 18.1 Å². The van der Waals surface area contributed by atoms with Crippen LogP contribution >= 0.6 is 23.3 Å². The fraction of sp³-hybridized carbons (Fsp3) is 0.667. The third-order valence-corrected chi connectivity index (χ3v) is 6.02. The molecule has 1 unspecified atom stereocenters. The van der Waals surface area contributed by atoms with E-state index in [2.05, 4.69) is 16.2 Å². The maximum atomic E-state index is 11.7. The van der Waals surface area contributed by atoms with Crippen molar-refractivity contribution in [3.05, 3.63) is 0 Å². The van der Waals surface area contributed by atoms with Gasteiger partial charge in [0.2, 0.25) is 0 Å². The van der Waals surface area contributed by atoms with E-state index < -0.39 is 9.84 Å². The summed E-state index contributed by atoms with van der Waals surface area (Å²) < 4.78 is 27.5. The molecular weight excluding hydrogens is 278 g/mol. The molecule has 1 aliphatic heterocycles. The van der Waals surface area contributed by atoms with Crippen LogP contribution in [0.2, 0.25) is 0 Å². The van der Waals surface area contributed by atoms with Crippen molar-refractivity contribution in [2.24, 2.45) is 0 Å². The summed E-state index contributed by atoms with van der Waals surface area (Å²) >= 11 is 3.06. The Bertz CT molecular complexity index is 512. The zero-order valence-electron chi connectivity index (χ0n) is 9.71. The van der Waals surface area contributed by atoms with Gasteiger partial charge in [0, 0.05) is 30.3 Å². The SMILES string of the molecule is CC1CSCCN1c1snc(N)c1S(C)(=O)=O. The summed E-state index contributed by atoms with van der Waals surface area (Å²) in [5.41, 5.74) is 5.67. The van der Waals surface area contributed by atoms with Crippen LogP contribution in [0.1, 0.15) is 6.92 Å². The van der Waals surface area contributed by atoms with E-state index in [1.54, 1.807) is 0 Å². The van der Waals surface area contributed by atoms with E-state index in [1.165, 1.54) is 17.8 Å². The maximum absolute atomic E-state index is 11.7. The van der Waals surface area contributed by atoms with Crippen molar-refractivity contribution >= 4 is 44.0 Å². The molecule has 0 aromatic carbocycles. The van der Waals surface area contributed by atoms with Gasteiger partial charge < -0.3 is 10.6 Å². The summed E-state index contributed by atoms with van der Waals surface area (Å²) in [7, 11) is -3.32. The second-order valence-corrected chi connectivity index (χ2v) is 7.95. The number of rotatable bonds is 2. The third kappa shape index (κ3) is 2.53. The number of sulfone groups is 1.